The van der Waals surface area contributed by atoms with Crippen LogP contribution in [0.25, 0.3) is 0 Å². The molecule has 1 rings (SSSR count). The van der Waals surface area contributed by atoms with Crippen LogP contribution in [0.3, 0.4) is 0 Å². The highest BCUT2D eigenvalue weighted by molar-refractivity contribution is 5.85. The van der Waals surface area contributed by atoms with Crippen LogP contribution in [0.5, 0.6) is 0 Å². The van der Waals surface area contributed by atoms with Gasteiger partial charge in [0.25, 0.3) is 5.56 Å². The molecule has 6 nitrogen and oxygen atoms in total. The Balaban J connectivity index is 0.00000361. The Morgan fingerprint density at radius 1 is 1.25 bits per heavy atom. The van der Waals surface area contributed by atoms with Crippen LogP contribution in [-0.2, 0) is 20.6 Å². The number of halogens is 1. The first-order valence-corrected chi connectivity index (χ1v) is 6.32. The first-order valence-electron chi connectivity index (χ1n) is 6.32. The molecule has 20 heavy (non-hydrogen) atoms. The lowest BCUT2D eigenvalue weighted by Gasteiger charge is -2.29. The van der Waals surface area contributed by atoms with Gasteiger partial charge in [0.1, 0.15) is 0 Å². The van der Waals surface area contributed by atoms with Crippen LogP contribution in [0.2, 0.25) is 0 Å². The molecule has 0 aliphatic carbocycles. The van der Waals surface area contributed by atoms with Gasteiger partial charge in [0.15, 0.2) is 0 Å². The maximum absolute atomic E-state index is 11.8. The zero-order valence-corrected chi connectivity index (χ0v) is 13.7. The van der Waals surface area contributed by atoms with Gasteiger partial charge in [-0.15, -0.1) is 12.4 Å². The lowest BCUT2D eigenvalue weighted by Crippen LogP contribution is -2.41. The second-order valence-corrected chi connectivity index (χ2v) is 5.92. The van der Waals surface area contributed by atoms with E-state index >= 15 is 0 Å². The second-order valence-electron chi connectivity index (χ2n) is 5.92. The molecule has 0 unspecified atom stereocenters. The third kappa shape index (κ3) is 4.47. The van der Waals surface area contributed by atoms with Crippen molar-refractivity contribution in [3.8, 4) is 0 Å². The molecule has 0 aromatic carbocycles. The fourth-order valence-electron chi connectivity index (χ4n) is 2.06. The van der Waals surface area contributed by atoms with Gasteiger partial charge in [-0.1, -0.05) is 13.8 Å². The van der Waals surface area contributed by atoms with Crippen LogP contribution in [-0.4, -0.2) is 34.2 Å². The minimum Gasteiger partial charge on any atom is -0.330 e. The van der Waals surface area contributed by atoms with Gasteiger partial charge in [-0.05, 0) is 19.0 Å². The van der Waals surface area contributed by atoms with E-state index in [1.54, 1.807) is 7.05 Å². The Morgan fingerprint density at radius 2 is 1.80 bits per heavy atom. The molecule has 1 heterocycles. The number of hydrogen-bond acceptors (Lipinski definition) is 4. The minimum absolute atomic E-state index is 0. The molecule has 0 bridgehead atoms. The van der Waals surface area contributed by atoms with Crippen LogP contribution in [0.15, 0.2) is 15.7 Å². The molecular formula is C13H25ClN4O2. The van der Waals surface area contributed by atoms with E-state index in [1.165, 1.54) is 17.7 Å². The van der Waals surface area contributed by atoms with Gasteiger partial charge in [0.2, 0.25) is 0 Å². The Kier molecular flexibility index (Phi) is 6.67. The van der Waals surface area contributed by atoms with Crippen molar-refractivity contribution in [2.24, 2.45) is 25.2 Å². The van der Waals surface area contributed by atoms with Crippen LogP contribution >= 0.6 is 12.4 Å². The van der Waals surface area contributed by atoms with Crippen LogP contribution in [0.1, 0.15) is 19.5 Å². The van der Waals surface area contributed by atoms with E-state index in [1.807, 2.05) is 7.05 Å². The molecule has 0 aliphatic rings. The highest BCUT2D eigenvalue weighted by atomic mass is 35.5. The van der Waals surface area contributed by atoms with Crippen molar-refractivity contribution < 1.29 is 0 Å². The van der Waals surface area contributed by atoms with E-state index in [-0.39, 0.29) is 29.1 Å². The zero-order chi connectivity index (χ0) is 14.8. The zero-order valence-electron chi connectivity index (χ0n) is 12.8. The van der Waals surface area contributed by atoms with Crippen molar-refractivity contribution in [3.05, 3.63) is 32.6 Å². The van der Waals surface area contributed by atoms with Crippen LogP contribution in [0.4, 0.5) is 0 Å². The van der Waals surface area contributed by atoms with Gasteiger partial charge >= 0.3 is 5.69 Å². The largest absolute Gasteiger partial charge is 0.330 e. The first-order chi connectivity index (χ1) is 8.68. The topological polar surface area (TPSA) is 73.3 Å². The van der Waals surface area contributed by atoms with Crippen molar-refractivity contribution in [1.29, 1.82) is 0 Å². The molecule has 116 valence electrons. The summed E-state index contributed by atoms with van der Waals surface area (Å²) in [4.78, 5) is 25.5. The Bertz CT molecular complexity index is 562. The Morgan fingerprint density at radius 3 is 2.30 bits per heavy atom. The van der Waals surface area contributed by atoms with E-state index in [0.717, 1.165) is 11.1 Å². The van der Waals surface area contributed by atoms with Crippen LogP contribution in [0, 0.1) is 5.41 Å². The summed E-state index contributed by atoms with van der Waals surface area (Å²) in [6.45, 7) is 6.12. The smallest absolute Gasteiger partial charge is 0.330 e. The normalized spacial score (nSPS) is 11.6. The molecule has 0 aliphatic heterocycles. The minimum atomic E-state index is -0.297. The summed E-state index contributed by atoms with van der Waals surface area (Å²) in [6.07, 6.45) is 0. The summed E-state index contributed by atoms with van der Waals surface area (Å²) >= 11 is 0. The summed E-state index contributed by atoms with van der Waals surface area (Å²) in [7, 11) is 5.12. The Labute approximate surface area is 125 Å². The van der Waals surface area contributed by atoms with Crippen molar-refractivity contribution >= 4 is 12.4 Å². The van der Waals surface area contributed by atoms with Crippen molar-refractivity contribution in [2.75, 3.05) is 20.1 Å². The van der Waals surface area contributed by atoms with Gasteiger partial charge < -0.3 is 10.6 Å². The predicted molar refractivity (Wildman–Crippen MR) is 83.3 cm³/mol. The maximum Gasteiger partial charge on any atom is 0.330 e. The third-order valence-corrected chi connectivity index (χ3v) is 3.31. The number of rotatable bonds is 5. The third-order valence-electron chi connectivity index (χ3n) is 3.31. The molecule has 0 atom stereocenters. The monoisotopic (exact) mass is 304 g/mol. The average molecular weight is 305 g/mol. The molecule has 0 radical (unpaired) electrons. The van der Waals surface area contributed by atoms with Gasteiger partial charge in [0, 0.05) is 38.9 Å². The number of nitrogens with two attached hydrogens (primary N) is 1. The van der Waals surface area contributed by atoms with Gasteiger partial charge in [-0.25, -0.2) is 4.79 Å². The molecule has 1 aromatic heterocycles. The van der Waals surface area contributed by atoms with Gasteiger partial charge in [0.05, 0.1) is 0 Å². The predicted octanol–water partition coefficient (Wildman–Crippen LogP) is -0.0775. The molecule has 2 N–H and O–H groups in total. The molecule has 0 spiro atoms. The SMILES string of the molecule is CN(Cc1cc(=O)n(C)c(=O)n1C)CC(C)(C)CN.Cl. The molecule has 0 amide bonds. The molecule has 1 aromatic rings. The number of hydrogen-bond donors (Lipinski definition) is 1. The lowest BCUT2D eigenvalue weighted by atomic mass is 9.93. The molecule has 7 heteroatoms. The van der Waals surface area contributed by atoms with E-state index in [2.05, 4.69) is 18.7 Å². The van der Waals surface area contributed by atoms with E-state index in [4.69, 9.17) is 5.73 Å². The van der Waals surface area contributed by atoms with Crippen molar-refractivity contribution in [3.63, 3.8) is 0 Å². The molecule has 0 fully saturated rings. The van der Waals surface area contributed by atoms with E-state index < -0.39 is 0 Å². The number of nitrogens with zero attached hydrogens (tertiary/aromatic N) is 3. The molecule has 0 saturated heterocycles. The standard InChI is InChI=1S/C13H24N4O2.ClH/c1-13(2,8-14)9-15(3)7-10-6-11(18)17(5)12(19)16(10)4;/h6H,7-9,14H2,1-5H3;1H. The highest BCUT2D eigenvalue weighted by Crippen LogP contribution is 2.14. The fourth-order valence-corrected chi connectivity index (χ4v) is 2.06. The summed E-state index contributed by atoms with van der Waals surface area (Å²) in [6, 6.07) is 1.51. The first kappa shape index (κ1) is 18.9. The quantitative estimate of drug-likeness (QED) is 0.826. The fraction of sp³-hybridized carbons (Fsp3) is 0.692. The Hall–Kier alpha value is -1.11. The maximum atomic E-state index is 11.8. The lowest BCUT2D eigenvalue weighted by molar-refractivity contribution is 0.206. The summed E-state index contributed by atoms with van der Waals surface area (Å²) < 4.78 is 2.61. The summed E-state index contributed by atoms with van der Waals surface area (Å²) in [5, 5.41) is 0. The van der Waals surface area contributed by atoms with E-state index in [9.17, 15) is 9.59 Å². The van der Waals surface area contributed by atoms with Crippen molar-refractivity contribution in [1.82, 2.24) is 14.0 Å². The van der Waals surface area contributed by atoms with Gasteiger partial charge in [-0.2, -0.15) is 0 Å². The molecular weight excluding hydrogens is 280 g/mol. The number of aromatic nitrogens is 2. The average Bonchev–Trinajstić information content (AvgIpc) is 2.32. The highest BCUT2D eigenvalue weighted by Gasteiger charge is 2.19. The summed E-state index contributed by atoms with van der Waals surface area (Å²) in [5.74, 6) is 0. The van der Waals surface area contributed by atoms with E-state index in [0.29, 0.717) is 18.8 Å². The van der Waals surface area contributed by atoms with Gasteiger partial charge in [-0.3, -0.25) is 13.9 Å². The van der Waals surface area contributed by atoms with Crippen molar-refractivity contribution in [2.45, 2.75) is 20.4 Å². The summed E-state index contributed by atoms with van der Waals surface area (Å²) in [5.41, 5.74) is 5.86. The second kappa shape index (κ2) is 7.06. The molecule has 0 saturated carbocycles. The van der Waals surface area contributed by atoms with Crippen LogP contribution < -0.4 is 17.0 Å².